The molecule has 1 fully saturated rings. The largest absolute Gasteiger partial charge is 0.384 e. The monoisotopic (exact) mass is 404 g/mol. The Hall–Kier alpha value is -2.49. The van der Waals surface area contributed by atoms with Crippen LogP contribution in [0.5, 0.6) is 0 Å². The van der Waals surface area contributed by atoms with E-state index in [1.807, 2.05) is 12.1 Å². The Morgan fingerprint density at radius 1 is 0.833 bits per heavy atom. The highest BCUT2D eigenvalue weighted by molar-refractivity contribution is 5.31. The molecule has 3 N–H and O–H groups in total. The Bertz CT molecular complexity index is 944. The second-order valence-corrected chi connectivity index (χ2v) is 8.58. The van der Waals surface area contributed by atoms with E-state index in [-0.39, 0.29) is 29.7 Å². The zero-order valence-electron chi connectivity index (χ0n) is 17.7. The molecule has 0 spiro atoms. The summed E-state index contributed by atoms with van der Waals surface area (Å²) in [6.07, 6.45) is 1.88. The van der Waals surface area contributed by atoms with Crippen molar-refractivity contribution in [3.63, 3.8) is 0 Å². The van der Waals surface area contributed by atoms with E-state index in [4.69, 9.17) is 0 Å². The maximum Gasteiger partial charge on any atom is 0.123 e. The second kappa shape index (κ2) is 8.71. The van der Waals surface area contributed by atoms with Crippen LogP contribution in [0.4, 0.5) is 4.39 Å². The zero-order chi connectivity index (χ0) is 21.1. The van der Waals surface area contributed by atoms with Crippen LogP contribution in [-0.2, 0) is 5.60 Å². The van der Waals surface area contributed by atoms with Crippen molar-refractivity contribution in [2.24, 2.45) is 11.8 Å². The zero-order valence-corrected chi connectivity index (χ0v) is 17.7. The van der Waals surface area contributed by atoms with Gasteiger partial charge in [-0.2, -0.15) is 0 Å². The van der Waals surface area contributed by atoms with Gasteiger partial charge in [0.2, 0.25) is 0 Å². The van der Waals surface area contributed by atoms with Crippen molar-refractivity contribution in [1.29, 1.82) is 0 Å². The van der Waals surface area contributed by atoms with E-state index in [1.54, 1.807) is 12.1 Å². The van der Waals surface area contributed by atoms with Crippen molar-refractivity contribution in [2.75, 3.05) is 0 Å². The van der Waals surface area contributed by atoms with E-state index >= 15 is 0 Å². The molecule has 30 heavy (non-hydrogen) atoms. The first kappa shape index (κ1) is 20.8. The first-order valence-corrected chi connectivity index (χ1v) is 11.0. The topological polar surface area (TPSA) is 36.8 Å². The lowest BCUT2D eigenvalue weighted by atomic mass is 9.61. The SMILES string of the molecule is CCC[C@H]1[C@H](c2ccccc2)[NH2+][C@H](c2ccccc2)[C@H](C)[C@]1(O)c1ccc(F)cc1. The lowest BCUT2D eigenvalue weighted by Crippen LogP contribution is -2.93. The summed E-state index contributed by atoms with van der Waals surface area (Å²) in [4.78, 5) is 0. The first-order valence-electron chi connectivity index (χ1n) is 11.0. The number of piperidine rings is 1. The Kier molecular flexibility index (Phi) is 6.03. The molecule has 4 rings (SSSR count). The molecule has 3 aromatic carbocycles. The van der Waals surface area contributed by atoms with Gasteiger partial charge in [0.05, 0.1) is 0 Å². The van der Waals surface area contributed by atoms with Gasteiger partial charge in [0.25, 0.3) is 0 Å². The summed E-state index contributed by atoms with van der Waals surface area (Å²) in [5.74, 6) is -0.296. The van der Waals surface area contributed by atoms with Gasteiger partial charge in [-0.05, 0) is 24.1 Å². The molecule has 0 aliphatic carbocycles. The van der Waals surface area contributed by atoms with Gasteiger partial charge in [-0.1, -0.05) is 93.1 Å². The molecule has 1 heterocycles. The van der Waals surface area contributed by atoms with Crippen molar-refractivity contribution < 1.29 is 14.8 Å². The Morgan fingerprint density at radius 2 is 1.37 bits per heavy atom. The lowest BCUT2D eigenvalue weighted by Gasteiger charge is -2.51. The van der Waals surface area contributed by atoms with Gasteiger partial charge in [-0.25, -0.2) is 4.39 Å². The van der Waals surface area contributed by atoms with Crippen LogP contribution in [0, 0.1) is 17.7 Å². The van der Waals surface area contributed by atoms with E-state index < -0.39 is 5.60 Å². The molecule has 5 atom stereocenters. The molecule has 1 saturated heterocycles. The predicted octanol–water partition coefficient (Wildman–Crippen LogP) is 5.13. The van der Waals surface area contributed by atoms with Crippen molar-refractivity contribution in [3.05, 3.63) is 107 Å². The number of halogens is 1. The van der Waals surface area contributed by atoms with Crippen molar-refractivity contribution >= 4 is 0 Å². The third kappa shape index (κ3) is 3.68. The second-order valence-electron chi connectivity index (χ2n) is 8.58. The third-order valence-corrected chi connectivity index (χ3v) is 6.92. The Balaban J connectivity index is 1.88. The third-order valence-electron chi connectivity index (χ3n) is 6.92. The summed E-state index contributed by atoms with van der Waals surface area (Å²) < 4.78 is 13.7. The van der Waals surface area contributed by atoms with Crippen LogP contribution >= 0.6 is 0 Å². The first-order chi connectivity index (χ1) is 14.6. The van der Waals surface area contributed by atoms with Crippen LogP contribution in [0.1, 0.15) is 55.5 Å². The molecule has 156 valence electrons. The molecule has 1 aliphatic heterocycles. The molecule has 0 aromatic heterocycles. The fourth-order valence-electron chi connectivity index (χ4n) is 5.41. The van der Waals surface area contributed by atoms with Gasteiger partial charge >= 0.3 is 0 Å². The number of aliphatic hydroxyl groups is 1. The number of nitrogens with two attached hydrogens (primary N) is 1. The summed E-state index contributed by atoms with van der Waals surface area (Å²) in [5, 5.41) is 14.9. The summed E-state index contributed by atoms with van der Waals surface area (Å²) >= 11 is 0. The fourth-order valence-corrected chi connectivity index (χ4v) is 5.41. The highest BCUT2D eigenvalue weighted by Crippen LogP contribution is 2.50. The van der Waals surface area contributed by atoms with E-state index in [0.717, 1.165) is 18.4 Å². The average Bonchev–Trinajstić information content (AvgIpc) is 2.79. The van der Waals surface area contributed by atoms with Crippen LogP contribution in [0.3, 0.4) is 0 Å². The number of benzene rings is 3. The smallest absolute Gasteiger partial charge is 0.123 e. The van der Waals surface area contributed by atoms with E-state index in [2.05, 4.69) is 67.7 Å². The molecule has 3 aromatic rings. The molecule has 2 nitrogen and oxygen atoms in total. The molecule has 0 unspecified atom stereocenters. The molecule has 0 radical (unpaired) electrons. The van der Waals surface area contributed by atoms with Crippen LogP contribution in [0.15, 0.2) is 84.9 Å². The minimum absolute atomic E-state index is 0.0188. The van der Waals surface area contributed by atoms with Gasteiger partial charge in [0.1, 0.15) is 23.5 Å². The van der Waals surface area contributed by atoms with Gasteiger partial charge in [-0.3, -0.25) is 0 Å². The summed E-state index contributed by atoms with van der Waals surface area (Å²) in [7, 11) is 0. The number of hydrogen-bond donors (Lipinski definition) is 2. The quantitative estimate of drug-likeness (QED) is 0.608. The average molecular weight is 405 g/mol. The van der Waals surface area contributed by atoms with Crippen molar-refractivity contribution in [1.82, 2.24) is 0 Å². The molecule has 0 saturated carbocycles. The Labute approximate surface area is 178 Å². The lowest BCUT2D eigenvalue weighted by molar-refractivity contribution is -0.766. The van der Waals surface area contributed by atoms with Crippen molar-refractivity contribution in [3.8, 4) is 0 Å². The van der Waals surface area contributed by atoms with Crippen molar-refractivity contribution in [2.45, 2.75) is 44.4 Å². The fraction of sp³-hybridized carbons (Fsp3) is 0.333. The maximum atomic E-state index is 13.7. The number of quaternary nitrogens is 1. The van der Waals surface area contributed by atoms with E-state index in [9.17, 15) is 9.50 Å². The maximum absolute atomic E-state index is 13.7. The standard InChI is InChI=1S/C27H30FNO/c1-3-10-24-26(21-13-8-5-9-14-21)29-25(20-11-6-4-7-12-20)19(2)27(24,30)22-15-17-23(28)18-16-22/h4-9,11-19,24-26,29-30H,3,10H2,1-2H3/p+1/t19-,24-,25-,26-,27-/m0/s1. The van der Waals surface area contributed by atoms with Crippen LogP contribution in [0.25, 0.3) is 0 Å². The number of hydrogen-bond acceptors (Lipinski definition) is 1. The van der Waals surface area contributed by atoms with Crippen LogP contribution < -0.4 is 5.32 Å². The minimum Gasteiger partial charge on any atom is -0.384 e. The molecule has 3 heteroatoms. The van der Waals surface area contributed by atoms with Gasteiger partial charge in [-0.15, -0.1) is 0 Å². The molecule has 0 bridgehead atoms. The Morgan fingerprint density at radius 3 is 1.90 bits per heavy atom. The predicted molar refractivity (Wildman–Crippen MR) is 118 cm³/mol. The molecular formula is C27H31FNO+. The van der Waals surface area contributed by atoms with Gasteiger partial charge in [0, 0.05) is 23.0 Å². The highest BCUT2D eigenvalue weighted by Gasteiger charge is 2.56. The van der Waals surface area contributed by atoms with Gasteiger partial charge in [0.15, 0.2) is 0 Å². The number of rotatable bonds is 5. The summed E-state index contributed by atoms with van der Waals surface area (Å²) in [6.45, 7) is 4.31. The van der Waals surface area contributed by atoms with Crippen LogP contribution in [0.2, 0.25) is 0 Å². The minimum atomic E-state index is -1.06. The molecule has 1 aliphatic rings. The normalized spacial score (nSPS) is 28.9. The summed E-state index contributed by atoms with van der Waals surface area (Å²) in [5.41, 5.74) is 2.19. The van der Waals surface area contributed by atoms with Gasteiger partial charge < -0.3 is 10.4 Å². The van der Waals surface area contributed by atoms with Crippen LogP contribution in [-0.4, -0.2) is 5.11 Å². The highest BCUT2D eigenvalue weighted by atomic mass is 19.1. The molecular weight excluding hydrogens is 373 g/mol. The molecule has 0 amide bonds. The van der Waals surface area contributed by atoms with E-state index in [0.29, 0.717) is 0 Å². The van der Waals surface area contributed by atoms with E-state index in [1.165, 1.54) is 23.3 Å². The summed E-state index contributed by atoms with van der Waals surface area (Å²) in [6, 6.07) is 27.6.